The van der Waals surface area contributed by atoms with E-state index in [1.54, 1.807) is 29.8 Å². The Balaban J connectivity index is 1.81. The van der Waals surface area contributed by atoms with Gasteiger partial charge in [0.15, 0.2) is 5.13 Å². The molecule has 0 bridgehead atoms. The molecule has 140 valence electrons. The molecule has 0 aliphatic rings. The van der Waals surface area contributed by atoms with Gasteiger partial charge in [0, 0.05) is 29.3 Å². The van der Waals surface area contributed by atoms with Crippen molar-refractivity contribution in [3.8, 4) is 11.8 Å². The summed E-state index contributed by atoms with van der Waals surface area (Å²) in [6.45, 7) is 3.69. The number of halogens is 1. The lowest BCUT2D eigenvalue weighted by Gasteiger charge is -2.13. The molecule has 0 aliphatic carbocycles. The number of benzene rings is 1. The summed E-state index contributed by atoms with van der Waals surface area (Å²) >= 11 is 1.31. The lowest BCUT2D eigenvalue weighted by molar-refractivity contribution is 0.102. The van der Waals surface area contributed by atoms with Crippen LogP contribution in [0.3, 0.4) is 0 Å². The summed E-state index contributed by atoms with van der Waals surface area (Å²) in [6, 6.07) is 9.32. The van der Waals surface area contributed by atoms with Gasteiger partial charge in [0.05, 0.1) is 11.7 Å². The first kappa shape index (κ1) is 18.8. The minimum Gasteiger partial charge on any atom is -0.475 e. The molecule has 1 amide bonds. The SMILES string of the molecule is CC(C)Oc1cc(C(=O)Nc2nccs2)cc(OCc2ccccc2F)n1. The molecule has 3 aromatic rings. The highest BCUT2D eigenvalue weighted by Gasteiger charge is 2.14. The lowest BCUT2D eigenvalue weighted by atomic mass is 10.2. The van der Waals surface area contributed by atoms with Crippen LogP contribution in [0.25, 0.3) is 0 Å². The average Bonchev–Trinajstić information content (AvgIpc) is 3.13. The maximum absolute atomic E-state index is 13.8. The quantitative estimate of drug-likeness (QED) is 0.654. The summed E-state index contributed by atoms with van der Waals surface area (Å²) in [4.78, 5) is 20.8. The number of pyridine rings is 1. The first-order valence-electron chi connectivity index (χ1n) is 8.27. The predicted molar refractivity (Wildman–Crippen MR) is 101 cm³/mol. The summed E-state index contributed by atoms with van der Waals surface area (Å²) in [7, 11) is 0. The molecule has 0 radical (unpaired) electrons. The summed E-state index contributed by atoms with van der Waals surface area (Å²) < 4.78 is 25.0. The van der Waals surface area contributed by atoms with Crippen LogP contribution in [-0.2, 0) is 6.61 Å². The number of ether oxygens (including phenoxy) is 2. The number of aromatic nitrogens is 2. The van der Waals surface area contributed by atoms with Gasteiger partial charge < -0.3 is 9.47 Å². The van der Waals surface area contributed by atoms with Crippen LogP contribution in [0.1, 0.15) is 29.8 Å². The minimum atomic E-state index is -0.367. The van der Waals surface area contributed by atoms with Gasteiger partial charge in [0.2, 0.25) is 11.8 Å². The van der Waals surface area contributed by atoms with Gasteiger partial charge in [-0.2, -0.15) is 4.98 Å². The fraction of sp³-hybridized carbons (Fsp3) is 0.211. The van der Waals surface area contributed by atoms with Gasteiger partial charge in [0.1, 0.15) is 12.4 Å². The Labute approximate surface area is 160 Å². The van der Waals surface area contributed by atoms with Crippen molar-refractivity contribution >= 4 is 22.4 Å². The van der Waals surface area contributed by atoms with Crippen molar-refractivity contribution in [3.63, 3.8) is 0 Å². The molecule has 0 fully saturated rings. The first-order chi connectivity index (χ1) is 13.0. The van der Waals surface area contributed by atoms with Gasteiger partial charge in [-0.25, -0.2) is 9.37 Å². The first-order valence-corrected chi connectivity index (χ1v) is 9.15. The fourth-order valence-corrected chi connectivity index (χ4v) is 2.73. The molecule has 0 unspecified atom stereocenters. The van der Waals surface area contributed by atoms with Crippen molar-refractivity contribution in [1.82, 2.24) is 9.97 Å². The van der Waals surface area contributed by atoms with Crippen molar-refractivity contribution in [1.29, 1.82) is 0 Å². The third kappa shape index (κ3) is 5.24. The number of rotatable bonds is 7. The van der Waals surface area contributed by atoms with Crippen LogP contribution in [0.4, 0.5) is 9.52 Å². The van der Waals surface area contributed by atoms with Crippen LogP contribution in [0.15, 0.2) is 48.0 Å². The maximum Gasteiger partial charge on any atom is 0.257 e. The van der Waals surface area contributed by atoms with E-state index in [1.807, 2.05) is 13.8 Å². The van der Waals surface area contributed by atoms with Crippen molar-refractivity contribution in [3.05, 3.63) is 64.9 Å². The molecule has 1 N–H and O–H groups in total. The van der Waals surface area contributed by atoms with Crippen molar-refractivity contribution in [2.24, 2.45) is 0 Å². The van der Waals surface area contributed by atoms with Crippen LogP contribution in [0, 0.1) is 5.82 Å². The van der Waals surface area contributed by atoms with E-state index >= 15 is 0 Å². The van der Waals surface area contributed by atoms with Gasteiger partial charge in [0.25, 0.3) is 5.91 Å². The van der Waals surface area contributed by atoms with E-state index in [0.717, 1.165) is 0 Å². The Hall–Kier alpha value is -3.00. The largest absolute Gasteiger partial charge is 0.475 e. The highest BCUT2D eigenvalue weighted by atomic mass is 32.1. The van der Waals surface area contributed by atoms with E-state index in [9.17, 15) is 9.18 Å². The molecule has 0 aliphatic heterocycles. The second-order valence-corrected chi connectivity index (χ2v) is 6.76. The minimum absolute atomic E-state index is 0.0155. The van der Waals surface area contributed by atoms with Crippen LogP contribution in [0.2, 0.25) is 0 Å². The molecule has 0 saturated heterocycles. The third-order valence-electron chi connectivity index (χ3n) is 3.38. The summed E-state index contributed by atoms with van der Waals surface area (Å²) in [5.74, 6) is -0.313. The molecular formula is C19H18FN3O3S. The lowest BCUT2D eigenvalue weighted by Crippen LogP contribution is -2.14. The van der Waals surface area contributed by atoms with E-state index in [0.29, 0.717) is 16.3 Å². The number of carbonyl (C=O) groups is 1. The van der Waals surface area contributed by atoms with Crippen LogP contribution in [-0.4, -0.2) is 22.0 Å². The number of thiazole rings is 1. The van der Waals surface area contributed by atoms with Crippen molar-refractivity contribution in [2.75, 3.05) is 5.32 Å². The highest BCUT2D eigenvalue weighted by Crippen LogP contribution is 2.22. The van der Waals surface area contributed by atoms with Gasteiger partial charge >= 0.3 is 0 Å². The van der Waals surface area contributed by atoms with E-state index in [1.165, 1.54) is 29.5 Å². The molecule has 0 spiro atoms. The second-order valence-electron chi connectivity index (χ2n) is 5.87. The number of hydrogen-bond donors (Lipinski definition) is 1. The zero-order valence-electron chi connectivity index (χ0n) is 14.8. The number of carbonyl (C=O) groups excluding carboxylic acids is 1. The molecule has 6 nitrogen and oxygen atoms in total. The monoisotopic (exact) mass is 387 g/mol. The molecular weight excluding hydrogens is 369 g/mol. The number of nitrogens with zero attached hydrogens (tertiary/aromatic N) is 2. The predicted octanol–water partition coefficient (Wildman–Crippen LogP) is 4.30. The van der Waals surface area contributed by atoms with Gasteiger partial charge in [-0.05, 0) is 19.9 Å². The van der Waals surface area contributed by atoms with Crippen LogP contribution < -0.4 is 14.8 Å². The molecule has 1 aromatic carbocycles. The maximum atomic E-state index is 13.8. The van der Waals surface area contributed by atoms with Crippen LogP contribution >= 0.6 is 11.3 Å². The highest BCUT2D eigenvalue weighted by molar-refractivity contribution is 7.13. The summed E-state index contributed by atoms with van der Waals surface area (Å²) in [6.07, 6.45) is 1.47. The number of amides is 1. The number of hydrogen-bond acceptors (Lipinski definition) is 6. The molecule has 0 saturated carbocycles. The molecule has 2 heterocycles. The second kappa shape index (κ2) is 8.59. The Morgan fingerprint density at radius 3 is 2.74 bits per heavy atom. The van der Waals surface area contributed by atoms with Gasteiger partial charge in [-0.3, -0.25) is 10.1 Å². The molecule has 2 aromatic heterocycles. The Morgan fingerprint density at radius 1 is 1.26 bits per heavy atom. The smallest absolute Gasteiger partial charge is 0.257 e. The summed E-state index contributed by atoms with van der Waals surface area (Å²) in [5.41, 5.74) is 0.697. The van der Waals surface area contributed by atoms with E-state index in [2.05, 4.69) is 15.3 Å². The van der Waals surface area contributed by atoms with E-state index in [4.69, 9.17) is 9.47 Å². The van der Waals surface area contributed by atoms with Crippen molar-refractivity contribution in [2.45, 2.75) is 26.6 Å². The van der Waals surface area contributed by atoms with Gasteiger partial charge in [-0.1, -0.05) is 18.2 Å². The van der Waals surface area contributed by atoms with E-state index in [-0.39, 0.29) is 36.2 Å². The number of nitrogens with one attached hydrogen (secondary N) is 1. The van der Waals surface area contributed by atoms with Crippen LogP contribution in [0.5, 0.6) is 11.8 Å². The van der Waals surface area contributed by atoms with Gasteiger partial charge in [-0.15, -0.1) is 11.3 Å². The fourth-order valence-electron chi connectivity index (χ4n) is 2.21. The Bertz CT molecular complexity index is 916. The normalized spacial score (nSPS) is 10.7. The topological polar surface area (TPSA) is 73.3 Å². The zero-order chi connectivity index (χ0) is 19.2. The average molecular weight is 387 g/mol. The third-order valence-corrected chi connectivity index (χ3v) is 4.07. The number of anilines is 1. The van der Waals surface area contributed by atoms with Crippen molar-refractivity contribution < 1.29 is 18.7 Å². The Kier molecular flexibility index (Phi) is 5.97. The molecule has 27 heavy (non-hydrogen) atoms. The molecule has 3 rings (SSSR count). The molecule has 8 heteroatoms. The summed E-state index contributed by atoms with van der Waals surface area (Å²) in [5, 5.41) is 4.94. The van der Waals surface area contributed by atoms with E-state index < -0.39 is 0 Å². The zero-order valence-corrected chi connectivity index (χ0v) is 15.6. The standard InChI is InChI=1S/C19H18FN3O3S/c1-12(2)26-17-10-14(18(24)23-19-21-7-8-27-19)9-16(22-17)25-11-13-5-3-4-6-15(13)20/h3-10,12H,11H2,1-2H3,(H,21,23,24). The Morgan fingerprint density at radius 2 is 2.04 bits per heavy atom. The molecule has 0 atom stereocenters.